The lowest BCUT2D eigenvalue weighted by Gasteiger charge is -2.33. The van der Waals surface area contributed by atoms with Crippen LogP contribution in [0, 0.1) is 11.3 Å². The Balaban J connectivity index is 2.26. The van der Waals surface area contributed by atoms with Crippen LogP contribution in [0.1, 0.15) is 18.9 Å². The number of ether oxygens (including phenoxy) is 1. The van der Waals surface area contributed by atoms with E-state index in [1.54, 1.807) is 13.2 Å². The van der Waals surface area contributed by atoms with Crippen molar-refractivity contribution in [3.05, 3.63) is 72.4 Å². The van der Waals surface area contributed by atoms with E-state index in [2.05, 4.69) is 22.3 Å². The summed E-state index contributed by atoms with van der Waals surface area (Å²) in [6, 6.07) is 17.2. The molecule has 150 valence electrons. The summed E-state index contributed by atoms with van der Waals surface area (Å²) in [5.74, 6) is 0.750. The van der Waals surface area contributed by atoms with Crippen molar-refractivity contribution in [3.63, 3.8) is 0 Å². The number of rotatable bonds is 7. The van der Waals surface area contributed by atoms with E-state index in [-0.39, 0.29) is 0 Å². The lowest BCUT2D eigenvalue weighted by Crippen LogP contribution is -2.31. The van der Waals surface area contributed by atoms with Crippen molar-refractivity contribution in [2.24, 2.45) is 0 Å². The number of aromatic nitrogens is 1. The number of hydrogen-bond donors (Lipinski definition) is 1. The first-order valence-corrected chi connectivity index (χ1v) is 11.0. The fourth-order valence-electron chi connectivity index (χ4n) is 3.67. The number of sulfonamides is 1. The molecular weight excluding hydrogens is 386 g/mol. The fourth-order valence-corrected chi connectivity index (χ4v) is 4.24. The summed E-state index contributed by atoms with van der Waals surface area (Å²) in [7, 11) is -1.79. The maximum atomic E-state index is 11.8. The molecule has 0 radical (unpaired) electrons. The highest BCUT2D eigenvalue weighted by Gasteiger charge is 2.31. The van der Waals surface area contributed by atoms with Gasteiger partial charge in [-0.25, -0.2) is 8.42 Å². The SMILES string of the molecule is CCC(/C=C/C#N)(c1ccc(OC)cc1)n1ccc2c(NS(C)(=O)=O)cccc21. The highest BCUT2D eigenvalue weighted by molar-refractivity contribution is 7.92. The molecule has 1 unspecified atom stereocenters. The van der Waals surface area contributed by atoms with Crippen molar-refractivity contribution in [1.29, 1.82) is 5.26 Å². The molecule has 3 rings (SSSR count). The normalized spacial score (nSPS) is 13.9. The van der Waals surface area contributed by atoms with E-state index in [9.17, 15) is 13.7 Å². The molecule has 0 saturated heterocycles. The topological polar surface area (TPSA) is 84.1 Å². The first kappa shape index (κ1) is 20.5. The maximum absolute atomic E-state index is 11.8. The number of anilines is 1. The summed E-state index contributed by atoms with van der Waals surface area (Å²) < 4.78 is 33.4. The van der Waals surface area contributed by atoms with Crippen LogP contribution in [0.15, 0.2) is 66.9 Å². The Morgan fingerprint density at radius 3 is 2.52 bits per heavy atom. The Labute approximate surface area is 171 Å². The van der Waals surface area contributed by atoms with Crippen LogP contribution in [0.5, 0.6) is 5.75 Å². The zero-order valence-electron chi connectivity index (χ0n) is 16.6. The molecule has 1 atom stereocenters. The molecule has 3 aromatic rings. The number of hydrogen-bond acceptors (Lipinski definition) is 4. The van der Waals surface area contributed by atoms with Crippen molar-refractivity contribution in [3.8, 4) is 11.8 Å². The van der Waals surface area contributed by atoms with Crippen LogP contribution in [0.25, 0.3) is 10.9 Å². The van der Waals surface area contributed by atoms with E-state index < -0.39 is 15.6 Å². The van der Waals surface area contributed by atoms with Crippen LogP contribution >= 0.6 is 0 Å². The van der Waals surface area contributed by atoms with Crippen LogP contribution in [-0.4, -0.2) is 26.4 Å². The van der Waals surface area contributed by atoms with Gasteiger partial charge < -0.3 is 9.30 Å². The van der Waals surface area contributed by atoms with Gasteiger partial charge in [0.05, 0.1) is 36.2 Å². The summed E-state index contributed by atoms with van der Waals surface area (Å²) in [5.41, 5.74) is 1.76. The molecule has 0 aliphatic rings. The van der Waals surface area contributed by atoms with Gasteiger partial charge in [0.15, 0.2) is 0 Å². The number of methoxy groups -OCH3 is 1. The minimum Gasteiger partial charge on any atom is -0.497 e. The van der Waals surface area contributed by atoms with Crippen molar-refractivity contribution < 1.29 is 13.2 Å². The Morgan fingerprint density at radius 1 is 1.21 bits per heavy atom. The molecule has 0 fully saturated rings. The average Bonchev–Trinajstić information content (AvgIpc) is 3.14. The second-order valence-electron chi connectivity index (χ2n) is 6.77. The Hall–Kier alpha value is -3.24. The van der Waals surface area contributed by atoms with Crippen molar-refractivity contribution in [2.75, 3.05) is 18.1 Å². The van der Waals surface area contributed by atoms with Crippen LogP contribution in [-0.2, 0) is 15.6 Å². The van der Waals surface area contributed by atoms with Gasteiger partial charge >= 0.3 is 0 Å². The monoisotopic (exact) mass is 409 g/mol. The lowest BCUT2D eigenvalue weighted by atomic mass is 9.86. The highest BCUT2D eigenvalue weighted by atomic mass is 32.2. The van der Waals surface area contributed by atoms with Gasteiger partial charge in [-0.15, -0.1) is 0 Å². The summed E-state index contributed by atoms with van der Waals surface area (Å²) in [4.78, 5) is 0. The third kappa shape index (κ3) is 3.98. The van der Waals surface area contributed by atoms with Gasteiger partial charge in [0.1, 0.15) is 5.75 Å². The molecule has 0 bridgehead atoms. The van der Waals surface area contributed by atoms with E-state index in [1.165, 1.54) is 6.08 Å². The number of allylic oxidation sites excluding steroid dienone is 2. The molecule has 0 spiro atoms. The van der Waals surface area contributed by atoms with E-state index in [4.69, 9.17) is 4.74 Å². The first-order valence-electron chi connectivity index (χ1n) is 9.15. The van der Waals surface area contributed by atoms with Gasteiger partial charge in [0.2, 0.25) is 10.0 Å². The predicted molar refractivity (Wildman–Crippen MR) is 116 cm³/mol. The van der Waals surface area contributed by atoms with E-state index in [0.29, 0.717) is 12.1 Å². The van der Waals surface area contributed by atoms with Gasteiger partial charge in [-0.1, -0.05) is 25.1 Å². The van der Waals surface area contributed by atoms with Crippen LogP contribution in [0.2, 0.25) is 0 Å². The summed E-state index contributed by atoms with van der Waals surface area (Å²) in [6.45, 7) is 2.05. The standard InChI is InChI=1S/C22H23N3O3S/c1-4-22(14-6-15-23,17-9-11-18(28-2)12-10-17)25-16-13-19-20(24-29(3,26)27)7-5-8-21(19)25/h5-14,16,24H,4H2,1-3H3/b14-6+. The minimum atomic E-state index is -3.40. The second kappa shape index (κ2) is 8.02. The predicted octanol–water partition coefficient (Wildman–Crippen LogP) is 4.25. The van der Waals surface area contributed by atoms with Crippen molar-refractivity contribution >= 4 is 26.6 Å². The molecule has 6 nitrogen and oxygen atoms in total. The van der Waals surface area contributed by atoms with Gasteiger partial charge in [-0.05, 0) is 48.4 Å². The molecule has 2 aromatic carbocycles. The van der Waals surface area contributed by atoms with Gasteiger partial charge in [0.25, 0.3) is 0 Å². The van der Waals surface area contributed by atoms with Gasteiger partial charge in [0, 0.05) is 17.7 Å². The largest absolute Gasteiger partial charge is 0.497 e. The zero-order chi connectivity index (χ0) is 21.1. The third-order valence-electron chi connectivity index (χ3n) is 5.02. The zero-order valence-corrected chi connectivity index (χ0v) is 17.4. The van der Waals surface area contributed by atoms with Crippen LogP contribution < -0.4 is 9.46 Å². The Kier molecular flexibility index (Phi) is 5.66. The van der Waals surface area contributed by atoms with Gasteiger partial charge in [-0.2, -0.15) is 5.26 Å². The van der Waals surface area contributed by atoms with E-state index in [1.807, 2.05) is 54.7 Å². The average molecular weight is 410 g/mol. The lowest BCUT2D eigenvalue weighted by molar-refractivity contribution is 0.412. The van der Waals surface area contributed by atoms with Crippen molar-refractivity contribution in [1.82, 2.24) is 4.57 Å². The number of nitriles is 1. The molecule has 1 aromatic heterocycles. The number of fused-ring (bicyclic) bond motifs is 1. The number of nitrogens with one attached hydrogen (secondary N) is 1. The smallest absolute Gasteiger partial charge is 0.229 e. The summed E-state index contributed by atoms with van der Waals surface area (Å²) in [5, 5.41) is 9.98. The van der Waals surface area contributed by atoms with E-state index >= 15 is 0 Å². The quantitative estimate of drug-likeness (QED) is 0.591. The van der Waals surface area contributed by atoms with Gasteiger partial charge in [-0.3, -0.25) is 4.72 Å². The first-order chi connectivity index (χ1) is 13.8. The molecular formula is C22H23N3O3S. The molecule has 0 aliphatic carbocycles. The number of nitrogens with zero attached hydrogens (tertiary/aromatic N) is 2. The minimum absolute atomic E-state index is 0.521. The van der Waals surface area contributed by atoms with Crippen LogP contribution in [0.4, 0.5) is 5.69 Å². The summed E-state index contributed by atoms with van der Waals surface area (Å²) >= 11 is 0. The van der Waals surface area contributed by atoms with Crippen molar-refractivity contribution in [2.45, 2.75) is 18.9 Å². The fraction of sp³-hybridized carbons (Fsp3) is 0.227. The molecule has 0 saturated carbocycles. The second-order valence-corrected chi connectivity index (χ2v) is 8.52. The molecule has 1 N–H and O–H groups in total. The summed E-state index contributed by atoms with van der Waals surface area (Å²) in [6.07, 6.45) is 7.11. The Morgan fingerprint density at radius 2 is 1.93 bits per heavy atom. The maximum Gasteiger partial charge on any atom is 0.229 e. The number of benzene rings is 2. The van der Waals surface area contributed by atoms with Crippen LogP contribution in [0.3, 0.4) is 0 Å². The molecule has 0 amide bonds. The molecule has 1 heterocycles. The highest BCUT2D eigenvalue weighted by Crippen LogP contribution is 2.37. The van der Waals surface area contributed by atoms with E-state index in [0.717, 1.165) is 28.5 Å². The molecule has 0 aliphatic heterocycles. The molecule has 29 heavy (non-hydrogen) atoms. The molecule has 7 heteroatoms. The third-order valence-corrected chi connectivity index (χ3v) is 5.61. The Bertz CT molecular complexity index is 1190.